The van der Waals surface area contributed by atoms with Crippen LogP contribution in [0, 0.1) is 0 Å². The predicted octanol–water partition coefficient (Wildman–Crippen LogP) is 4.06. The monoisotopic (exact) mass is 319 g/mol. The van der Waals surface area contributed by atoms with Crippen molar-refractivity contribution in [1.82, 2.24) is 0 Å². The van der Waals surface area contributed by atoms with Crippen LogP contribution in [-0.2, 0) is 10.0 Å². The highest BCUT2D eigenvalue weighted by molar-refractivity contribution is 7.92. The van der Waals surface area contributed by atoms with Crippen LogP contribution in [0.3, 0.4) is 0 Å². The highest BCUT2D eigenvalue weighted by Gasteiger charge is 2.13. The lowest BCUT2D eigenvalue weighted by molar-refractivity contribution is 0.306. The molecule has 22 heavy (non-hydrogen) atoms. The van der Waals surface area contributed by atoms with E-state index in [1.54, 1.807) is 54.6 Å². The van der Waals surface area contributed by atoms with E-state index in [0.29, 0.717) is 12.3 Å². The number of rotatable bonds is 8. The first-order valence-electron chi connectivity index (χ1n) is 7.42. The molecule has 0 saturated heterocycles. The molecule has 0 aliphatic carbocycles. The van der Waals surface area contributed by atoms with E-state index in [2.05, 4.69) is 11.6 Å². The fourth-order valence-electron chi connectivity index (χ4n) is 1.98. The van der Waals surface area contributed by atoms with Gasteiger partial charge in [0.15, 0.2) is 0 Å². The van der Waals surface area contributed by atoms with Gasteiger partial charge in [-0.1, -0.05) is 38.0 Å². The fraction of sp³-hybridized carbons (Fsp3) is 0.294. The molecule has 0 fully saturated rings. The number of hydrogen-bond donors (Lipinski definition) is 1. The summed E-state index contributed by atoms with van der Waals surface area (Å²) >= 11 is 0. The average Bonchev–Trinajstić information content (AvgIpc) is 2.54. The lowest BCUT2D eigenvalue weighted by Gasteiger charge is -2.09. The normalized spacial score (nSPS) is 11.1. The molecule has 0 aromatic heterocycles. The molecule has 2 aromatic rings. The van der Waals surface area contributed by atoms with E-state index in [4.69, 9.17) is 4.74 Å². The summed E-state index contributed by atoms with van der Waals surface area (Å²) in [5.74, 6) is 0.749. The Morgan fingerprint density at radius 2 is 1.64 bits per heavy atom. The van der Waals surface area contributed by atoms with Gasteiger partial charge in [-0.25, -0.2) is 8.42 Å². The highest BCUT2D eigenvalue weighted by atomic mass is 32.2. The van der Waals surface area contributed by atoms with Crippen LogP contribution in [0.2, 0.25) is 0 Å². The van der Waals surface area contributed by atoms with Crippen molar-refractivity contribution in [3.05, 3.63) is 54.6 Å². The Kier molecular flexibility index (Phi) is 5.83. The van der Waals surface area contributed by atoms with Crippen LogP contribution in [0.5, 0.6) is 5.75 Å². The fourth-order valence-corrected chi connectivity index (χ4v) is 3.05. The molecule has 0 aliphatic heterocycles. The number of ether oxygens (including phenoxy) is 1. The number of unbranched alkanes of at least 4 members (excludes halogenated alkanes) is 2. The maximum Gasteiger partial charge on any atom is 0.261 e. The lowest BCUT2D eigenvalue weighted by Crippen LogP contribution is -2.12. The minimum atomic E-state index is -3.54. The first-order valence-corrected chi connectivity index (χ1v) is 8.91. The van der Waals surface area contributed by atoms with Gasteiger partial charge in [0.05, 0.1) is 11.5 Å². The van der Waals surface area contributed by atoms with Gasteiger partial charge in [-0.15, -0.1) is 0 Å². The Morgan fingerprint density at radius 1 is 0.955 bits per heavy atom. The van der Waals surface area contributed by atoms with Gasteiger partial charge in [-0.2, -0.15) is 0 Å². The second kappa shape index (κ2) is 7.84. The molecule has 2 aromatic carbocycles. The Morgan fingerprint density at radius 3 is 2.27 bits per heavy atom. The summed E-state index contributed by atoms with van der Waals surface area (Å²) in [5, 5.41) is 0. The van der Waals surface area contributed by atoms with Gasteiger partial charge in [0, 0.05) is 5.69 Å². The van der Waals surface area contributed by atoms with Crippen LogP contribution in [-0.4, -0.2) is 15.0 Å². The van der Waals surface area contributed by atoms with Gasteiger partial charge in [0.2, 0.25) is 0 Å². The first kappa shape index (κ1) is 16.4. The van der Waals surface area contributed by atoms with E-state index in [1.165, 1.54) is 0 Å². The third kappa shape index (κ3) is 4.77. The zero-order chi connectivity index (χ0) is 15.8. The molecular weight excluding hydrogens is 298 g/mol. The molecule has 0 heterocycles. The van der Waals surface area contributed by atoms with Crippen LogP contribution in [0.15, 0.2) is 59.5 Å². The maximum absolute atomic E-state index is 12.2. The molecule has 118 valence electrons. The van der Waals surface area contributed by atoms with Gasteiger partial charge in [-0.05, 0) is 42.8 Å². The van der Waals surface area contributed by atoms with Crippen molar-refractivity contribution in [2.45, 2.75) is 31.1 Å². The largest absolute Gasteiger partial charge is 0.494 e. The van der Waals surface area contributed by atoms with E-state index in [0.717, 1.165) is 25.0 Å². The summed E-state index contributed by atoms with van der Waals surface area (Å²) in [5.41, 5.74) is 0.518. The summed E-state index contributed by atoms with van der Waals surface area (Å²) in [6.45, 7) is 2.83. The van der Waals surface area contributed by atoms with Crippen molar-refractivity contribution in [1.29, 1.82) is 0 Å². The predicted molar refractivity (Wildman–Crippen MR) is 88.7 cm³/mol. The molecule has 2 rings (SSSR count). The first-order chi connectivity index (χ1) is 10.6. The van der Waals surface area contributed by atoms with Gasteiger partial charge < -0.3 is 4.74 Å². The van der Waals surface area contributed by atoms with Crippen molar-refractivity contribution in [2.24, 2.45) is 0 Å². The van der Waals surface area contributed by atoms with Crippen molar-refractivity contribution in [3.8, 4) is 5.75 Å². The molecular formula is C17H21NO3S. The smallest absolute Gasteiger partial charge is 0.261 e. The van der Waals surface area contributed by atoms with Crippen LogP contribution in [0.25, 0.3) is 0 Å². The number of benzene rings is 2. The molecule has 0 saturated carbocycles. The zero-order valence-electron chi connectivity index (χ0n) is 12.7. The van der Waals surface area contributed by atoms with Gasteiger partial charge in [0.1, 0.15) is 5.75 Å². The van der Waals surface area contributed by atoms with Crippen LogP contribution in [0.4, 0.5) is 5.69 Å². The number of hydrogen-bond acceptors (Lipinski definition) is 3. The molecule has 0 atom stereocenters. The third-order valence-electron chi connectivity index (χ3n) is 3.18. The standard InChI is InChI=1S/C17H21NO3S/c1-2-3-7-14-21-16-12-10-15(11-13-16)18-22(19,20)17-8-5-4-6-9-17/h4-6,8-13,18H,2-3,7,14H2,1H3. The Bertz CT molecular complexity index is 667. The summed E-state index contributed by atoms with van der Waals surface area (Å²) in [6.07, 6.45) is 3.33. The Balaban J connectivity index is 1.96. The van der Waals surface area contributed by atoms with E-state index < -0.39 is 10.0 Å². The van der Waals surface area contributed by atoms with Crippen LogP contribution >= 0.6 is 0 Å². The lowest BCUT2D eigenvalue weighted by atomic mass is 10.2. The molecule has 0 aliphatic rings. The van der Waals surface area contributed by atoms with Gasteiger partial charge in [-0.3, -0.25) is 4.72 Å². The van der Waals surface area contributed by atoms with Crippen molar-refractivity contribution in [3.63, 3.8) is 0 Å². The molecule has 0 unspecified atom stereocenters. The summed E-state index contributed by atoms with van der Waals surface area (Å²) in [7, 11) is -3.54. The number of nitrogens with one attached hydrogen (secondary N) is 1. The molecule has 0 spiro atoms. The molecule has 0 bridgehead atoms. The number of sulfonamides is 1. The van der Waals surface area contributed by atoms with Crippen LogP contribution in [0.1, 0.15) is 26.2 Å². The molecule has 4 nitrogen and oxygen atoms in total. The minimum Gasteiger partial charge on any atom is -0.494 e. The molecule has 1 N–H and O–H groups in total. The Labute approximate surface area is 132 Å². The molecule has 0 radical (unpaired) electrons. The molecule has 0 amide bonds. The SMILES string of the molecule is CCCCCOc1ccc(NS(=O)(=O)c2ccccc2)cc1. The van der Waals surface area contributed by atoms with E-state index in [-0.39, 0.29) is 4.90 Å². The summed E-state index contributed by atoms with van der Waals surface area (Å²) in [6, 6.07) is 15.3. The average molecular weight is 319 g/mol. The summed E-state index contributed by atoms with van der Waals surface area (Å²) in [4.78, 5) is 0.245. The highest BCUT2D eigenvalue weighted by Crippen LogP contribution is 2.19. The van der Waals surface area contributed by atoms with Crippen molar-refractivity contribution >= 4 is 15.7 Å². The topological polar surface area (TPSA) is 55.4 Å². The minimum absolute atomic E-state index is 0.245. The van der Waals surface area contributed by atoms with E-state index in [1.807, 2.05) is 0 Å². The zero-order valence-corrected chi connectivity index (χ0v) is 13.5. The van der Waals surface area contributed by atoms with Gasteiger partial charge in [0.25, 0.3) is 10.0 Å². The van der Waals surface area contributed by atoms with Crippen molar-refractivity contribution in [2.75, 3.05) is 11.3 Å². The maximum atomic E-state index is 12.2. The second-order valence-corrected chi connectivity index (χ2v) is 6.68. The van der Waals surface area contributed by atoms with Crippen molar-refractivity contribution < 1.29 is 13.2 Å². The Hall–Kier alpha value is -2.01. The third-order valence-corrected chi connectivity index (χ3v) is 4.57. The quantitative estimate of drug-likeness (QED) is 0.747. The van der Waals surface area contributed by atoms with Crippen LogP contribution < -0.4 is 9.46 Å². The number of anilines is 1. The summed E-state index contributed by atoms with van der Waals surface area (Å²) < 4.78 is 32.5. The molecule has 5 heteroatoms. The van der Waals surface area contributed by atoms with E-state index in [9.17, 15) is 8.42 Å². The second-order valence-electron chi connectivity index (χ2n) is 5.00. The van der Waals surface area contributed by atoms with Gasteiger partial charge >= 0.3 is 0 Å². The van der Waals surface area contributed by atoms with E-state index >= 15 is 0 Å².